The van der Waals surface area contributed by atoms with E-state index < -0.39 is 0 Å². The highest BCUT2D eigenvalue weighted by molar-refractivity contribution is 6.10. The van der Waals surface area contributed by atoms with Gasteiger partial charge in [0.15, 0.2) is 0 Å². The van der Waals surface area contributed by atoms with E-state index in [2.05, 4.69) is 81.2 Å². The quantitative estimate of drug-likeness (QED) is 0.243. The first-order valence-electron chi connectivity index (χ1n) is 12.6. The fraction of sp³-hybridized carbons (Fsp3) is 0.125. The van der Waals surface area contributed by atoms with Gasteiger partial charge in [-0.05, 0) is 53.6 Å². The number of rotatable bonds is 6. The Morgan fingerprint density at radius 1 is 0.632 bits per heavy atom. The minimum atomic E-state index is 0.566. The van der Waals surface area contributed by atoms with Crippen LogP contribution in [-0.2, 0) is 0 Å². The van der Waals surface area contributed by atoms with Crippen LogP contribution in [0.4, 0.5) is 11.4 Å². The number of aromatic nitrogens is 3. The third kappa shape index (κ3) is 4.30. The van der Waals surface area contributed by atoms with E-state index in [1.54, 1.807) is 6.20 Å². The molecule has 0 aliphatic heterocycles. The van der Waals surface area contributed by atoms with Crippen LogP contribution in [0.15, 0.2) is 103 Å². The van der Waals surface area contributed by atoms with Crippen molar-refractivity contribution >= 4 is 33.2 Å². The normalized spacial score (nSPS) is 11.2. The van der Waals surface area contributed by atoms with Gasteiger partial charge in [-0.2, -0.15) is 0 Å². The molecule has 0 saturated carbocycles. The van der Waals surface area contributed by atoms with Gasteiger partial charge in [0.25, 0.3) is 0 Å². The summed E-state index contributed by atoms with van der Waals surface area (Å²) >= 11 is 0. The Hall–Kier alpha value is -4.84. The van der Waals surface area contributed by atoms with Gasteiger partial charge < -0.3 is 14.5 Å². The van der Waals surface area contributed by atoms with E-state index in [9.17, 15) is 0 Å². The Bertz CT molecular complexity index is 1750. The molecular weight excluding hydrogens is 470 g/mol. The van der Waals surface area contributed by atoms with Gasteiger partial charge in [0.1, 0.15) is 11.6 Å². The van der Waals surface area contributed by atoms with Crippen LogP contribution in [0.3, 0.4) is 0 Å². The van der Waals surface area contributed by atoms with Gasteiger partial charge in [0, 0.05) is 56.9 Å². The lowest BCUT2D eigenvalue weighted by Gasteiger charge is -2.14. The molecule has 0 N–H and O–H groups in total. The third-order valence-corrected chi connectivity index (χ3v) is 6.78. The lowest BCUT2D eigenvalue weighted by atomic mass is 10.0. The topological polar surface area (TPSA) is 46.4 Å². The van der Waals surface area contributed by atoms with Gasteiger partial charge in [0.05, 0.1) is 22.9 Å². The van der Waals surface area contributed by atoms with Crippen LogP contribution in [0.2, 0.25) is 0 Å². The van der Waals surface area contributed by atoms with Gasteiger partial charge >= 0.3 is 0 Å². The minimum absolute atomic E-state index is 0.566. The summed E-state index contributed by atoms with van der Waals surface area (Å²) in [4.78, 5) is 13.3. The average molecular weight is 500 g/mol. The molecule has 6 rings (SSSR count). The molecule has 0 fully saturated rings. The van der Waals surface area contributed by atoms with Crippen molar-refractivity contribution in [1.29, 1.82) is 0 Å². The van der Waals surface area contributed by atoms with E-state index in [0.717, 1.165) is 45.1 Å². The molecule has 6 heteroatoms. The largest absolute Gasteiger partial charge is 0.439 e. The highest BCUT2D eigenvalue weighted by Gasteiger charge is 2.14. The summed E-state index contributed by atoms with van der Waals surface area (Å²) in [6.45, 7) is 0. The number of hydrogen-bond acceptors (Lipinski definition) is 5. The van der Waals surface area contributed by atoms with Crippen molar-refractivity contribution in [2.75, 3.05) is 38.0 Å². The number of para-hydroxylation sites is 1. The van der Waals surface area contributed by atoms with Crippen molar-refractivity contribution in [3.05, 3.63) is 103 Å². The number of hydrogen-bond donors (Lipinski definition) is 0. The number of nitrogens with zero attached hydrogens (tertiary/aromatic N) is 5. The summed E-state index contributed by atoms with van der Waals surface area (Å²) in [7, 11) is 8.05. The van der Waals surface area contributed by atoms with E-state index in [0.29, 0.717) is 5.88 Å². The number of benzene rings is 3. The van der Waals surface area contributed by atoms with Crippen molar-refractivity contribution in [2.24, 2.45) is 0 Å². The molecule has 0 spiro atoms. The SMILES string of the molecule is CN(C)c1ccc(-n2c3ccccc3c3ccc(-c4cccc(Oc5cc(N(C)C)ccn5)c4)cc32)nc1. The summed E-state index contributed by atoms with van der Waals surface area (Å²) in [5.41, 5.74) is 6.52. The lowest BCUT2D eigenvalue weighted by molar-refractivity contribution is 0.463. The number of anilines is 2. The Kier molecular flexibility index (Phi) is 5.92. The van der Waals surface area contributed by atoms with Crippen molar-refractivity contribution < 1.29 is 4.74 Å². The third-order valence-electron chi connectivity index (χ3n) is 6.78. The zero-order valence-electron chi connectivity index (χ0n) is 22.0. The number of pyridine rings is 2. The molecule has 6 nitrogen and oxygen atoms in total. The number of ether oxygens (including phenoxy) is 1. The molecule has 0 aliphatic carbocycles. The Labute approximate surface area is 222 Å². The van der Waals surface area contributed by atoms with Crippen LogP contribution in [0.1, 0.15) is 0 Å². The van der Waals surface area contributed by atoms with E-state index >= 15 is 0 Å². The smallest absolute Gasteiger partial charge is 0.221 e. The van der Waals surface area contributed by atoms with E-state index in [1.165, 1.54) is 10.8 Å². The predicted molar refractivity (Wildman–Crippen MR) is 157 cm³/mol. The standard InChI is InChI=1S/C32H29N5O/c1-35(2)24-16-17-33-32(20-24)38-26-9-7-8-22(18-26)23-12-14-28-27-10-5-6-11-29(27)37(30(28)19-23)31-15-13-25(21-34-31)36(3)4/h5-21H,1-4H3. The van der Waals surface area contributed by atoms with Crippen LogP contribution in [-0.4, -0.2) is 42.7 Å². The minimum Gasteiger partial charge on any atom is -0.439 e. The Morgan fingerprint density at radius 3 is 2.21 bits per heavy atom. The highest BCUT2D eigenvalue weighted by atomic mass is 16.5. The number of fused-ring (bicyclic) bond motifs is 3. The zero-order chi connectivity index (χ0) is 26.2. The maximum absolute atomic E-state index is 6.13. The van der Waals surface area contributed by atoms with Crippen molar-refractivity contribution in [2.45, 2.75) is 0 Å². The average Bonchev–Trinajstić information content (AvgIpc) is 3.27. The monoisotopic (exact) mass is 499 g/mol. The maximum Gasteiger partial charge on any atom is 0.221 e. The van der Waals surface area contributed by atoms with Gasteiger partial charge in [-0.15, -0.1) is 0 Å². The molecule has 0 amide bonds. The summed E-state index contributed by atoms with van der Waals surface area (Å²) < 4.78 is 8.37. The molecule has 0 atom stereocenters. The zero-order valence-corrected chi connectivity index (χ0v) is 22.0. The van der Waals surface area contributed by atoms with Crippen LogP contribution in [0.5, 0.6) is 11.6 Å². The lowest BCUT2D eigenvalue weighted by Crippen LogP contribution is -2.09. The summed E-state index contributed by atoms with van der Waals surface area (Å²) in [5, 5.41) is 2.40. The molecule has 0 bridgehead atoms. The molecule has 38 heavy (non-hydrogen) atoms. The highest BCUT2D eigenvalue weighted by Crippen LogP contribution is 2.35. The van der Waals surface area contributed by atoms with E-state index in [1.807, 2.05) is 63.6 Å². The molecule has 3 aromatic heterocycles. The van der Waals surface area contributed by atoms with Crippen LogP contribution in [0.25, 0.3) is 38.8 Å². The second-order valence-electron chi connectivity index (χ2n) is 9.73. The Morgan fingerprint density at radius 2 is 1.42 bits per heavy atom. The van der Waals surface area contributed by atoms with Gasteiger partial charge in [-0.1, -0.05) is 42.5 Å². The summed E-state index contributed by atoms with van der Waals surface area (Å²) in [6, 6.07) is 31.3. The fourth-order valence-electron chi connectivity index (χ4n) is 4.76. The second kappa shape index (κ2) is 9.56. The first kappa shape index (κ1) is 23.6. The van der Waals surface area contributed by atoms with E-state index in [-0.39, 0.29) is 0 Å². The van der Waals surface area contributed by atoms with Gasteiger partial charge in [0.2, 0.25) is 5.88 Å². The maximum atomic E-state index is 6.13. The molecule has 0 radical (unpaired) electrons. The fourth-order valence-corrected chi connectivity index (χ4v) is 4.76. The molecular formula is C32H29N5O. The predicted octanol–water partition coefficient (Wildman–Crippen LogP) is 7.17. The first-order valence-corrected chi connectivity index (χ1v) is 12.6. The molecule has 3 heterocycles. The molecule has 0 aliphatic rings. The molecule has 3 aromatic carbocycles. The second-order valence-corrected chi connectivity index (χ2v) is 9.73. The van der Waals surface area contributed by atoms with Crippen LogP contribution >= 0.6 is 0 Å². The summed E-state index contributed by atoms with van der Waals surface area (Å²) in [5.74, 6) is 2.20. The molecule has 188 valence electrons. The molecule has 6 aromatic rings. The summed E-state index contributed by atoms with van der Waals surface area (Å²) in [6.07, 6.45) is 3.68. The van der Waals surface area contributed by atoms with Crippen molar-refractivity contribution in [1.82, 2.24) is 14.5 Å². The molecule has 0 unspecified atom stereocenters. The van der Waals surface area contributed by atoms with Crippen molar-refractivity contribution in [3.8, 4) is 28.6 Å². The van der Waals surface area contributed by atoms with Gasteiger partial charge in [-0.3, -0.25) is 4.57 Å². The van der Waals surface area contributed by atoms with Crippen molar-refractivity contribution in [3.63, 3.8) is 0 Å². The molecule has 0 saturated heterocycles. The van der Waals surface area contributed by atoms with Gasteiger partial charge in [-0.25, -0.2) is 9.97 Å². The Balaban J connectivity index is 1.43. The first-order chi connectivity index (χ1) is 18.5. The van der Waals surface area contributed by atoms with E-state index in [4.69, 9.17) is 9.72 Å². The van der Waals surface area contributed by atoms with Crippen LogP contribution in [0, 0.1) is 0 Å². The van der Waals surface area contributed by atoms with Crippen LogP contribution < -0.4 is 14.5 Å².